The number of fused-ring (bicyclic) bond motifs is 1. The number of carbonyl (C=O) groups is 3. The summed E-state index contributed by atoms with van der Waals surface area (Å²) in [5.41, 5.74) is 1.36. The van der Waals surface area contributed by atoms with Crippen LogP contribution in [0.5, 0.6) is 11.5 Å². The molecular formula is C26H17Cl5N2O5. The standard InChI is InChI=1S/C26H17Cl5N2O5/c1-10-4-5-11(8-14(10)27)32-22(13-9-12(37-2)6-7-15(13)38-3)23(26(32)36)33-24(34)16-17(25(33)35)19(29)21(31)20(30)18(16)28/h4-9,22-23H,1-3H3. The summed E-state index contributed by atoms with van der Waals surface area (Å²) in [4.78, 5) is 43.3. The fourth-order valence-corrected chi connectivity index (χ4v) is 5.93. The molecule has 0 spiro atoms. The van der Waals surface area contributed by atoms with Gasteiger partial charge < -0.3 is 14.4 Å². The maximum absolute atomic E-state index is 13.8. The molecule has 12 heteroatoms. The van der Waals surface area contributed by atoms with Crippen LogP contribution in [0, 0.1) is 6.92 Å². The van der Waals surface area contributed by atoms with Gasteiger partial charge in [-0.15, -0.1) is 0 Å². The Morgan fingerprint density at radius 1 is 0.711 bits per heavy atom. The minimum atomic E-state index is -1.27. The van der Waals surface area contributed by atoms with Gasteiger partial charge in [-0.2, -0.15) is 0 Å². The van der Waals surface area contributed by atoms with Gasteiger partial charge in [0.1, 0.15) is 17.5 Å². The number of halogens is 5. The Morgan fingerprint density at radius 3 is 1.84 bits per heavy atom. The zero-order chi connectivity index (χ0) is 27.6. The Hall–Kier alpha value is -2.68. The Bertz CT molecular complexity index is 1510. The van der Waals surface area contributed by atoms with Crippen molar-refractivity contribution in [2.24, 2.45) is 0 Å². The number of carbonyl (C=O) groups excluding carboxylic acids is 3. The molecule has 38 heavy (non-hydrogen) atoms. The van der Waals surface area contributed by atoms with Gasteiger partial charge in [0.15, 0.2) is 0 Å². The molecule has 0 aromatic heterocycles. The lowest BCUT2D eigenvalue weighted by atomic mass is 9.85. The highest BCUT2D eigenvalue weighted by atomic mass is 35.5. The first-order valence-corrected chi connectivity index (χ1v) is 13.0. The van der Waals surface area contributed by atoms with Crippen molar-refractivity contribution >= 4 is 81.4 Å². The molecule has 7 nitrogen and oxygen atoms in total. The molecule has 2 unspecified atom stereocenters. The van der Waals surface area contributed by atoms with E-state index in [1.54, 1.807) is 36.4 Å². The number of ether oxygens (including phenoxy) is 2. The van der Waals surface area contributed by atoms with Gasteiger partial charge in [0.2, 0.25) is 0 Å². The quantitative estimate of drug-likeness (QED) is 0.134. The van der Waals surface area contributed by atoms with Crippen LogP contribution >= 0.6 is 58.0 Å². The maximum Gasteiger partial charge on any atom is 0.264 e. The second kappa shape index (κ2) is 9.81. The maximum atomic E-state index is 13.8. The van der Waals surface area contributed by atoms with Crippen LogP contribution in [0.1, 0.15) is 37.9 Å². The normalized spacial score (nSPS) is 18.6. The molecule has 0 radical (unpaired) electrons. The minimum absolute atomic E-state index is 0.165. The molecule has 0 saturated carbocycles. The van der Waals surface area contributed by atoms with Gasteiger partial charge in [-0.1, -0.05) is 64.1 Å². The van der Waals surface area contributed by atoms with Crippen LogP contribution in [0.2, 0.25) is 25.1 Å². The Labute approximate surface area is 242 Å². The fraction of sp³-hybridized carbons (Fsp3) is 0.192. The summed E-state index contributed by atoms with van der Waals surface area (Å²) in [6.45, 7) is 1.83. The average Bonchev–Trinajstić information content (AvgIpc) is 3.16. The first-order chi connectivity index (χ1) is 18.0. The first kappa shape index (κ1) is 26.9. The van der Waals surface area contributed by atoms with E-state index in [-0.39, 0.29) is 31.2 Å². The van der Waals surface area contributed by atoms with E-state index in [1.807, 2.05) is 6.92 Å². The van der Waals surface area contributed by atoms with Crippen LogP contribution < -0.4 is 14.4 Å². The molecule has 2 aliphatic rings. The molecule has 1 fully saturated rings. The number of hydrogen-bond donors (Lipinski definition) is 0. The summed E-state index contributed by atoms with van der Waals surface area (Å²) in [5, 5.41) is -0.328. The molecule has 3 aromatic rings. The molecule has 3 aromatic carbocycles. The van der Waals surface area contributed by atoms with Gasteiger partial charge in [0.25, 0.3) is 17.7 Å². The lowest BCUT2D eigenvalue weighted by Gasteiger charge is -2.50. The van der Waals surface area contributed by atoms with E-state index in [1.165, 1.54) is 19.1 Å². The third-order valence-electron chi connectivity index (χ3n) is 6.67. The summed E-state index contributed by atoms with van der Waals surface area (Å²) in [7, 11) is 2.97. The van der Waals surface area contributed by atoms with Crippen LogP contribution in [0.15, 0.2) is 36.4 Å². The van der Waals surface area contributed by atoms with Crippen molar-refractivity contribution in [1.82, 2.24) is 4.90 Å². The lowest BCUT2D eigenvalue weighted by molar-refractivity contribution is -0.130. The summed E-state index contributed by atoms with van der Waals surface area (Å²) in [6, 6.07) is 8.04. The predicted molar refractivity (Wildman–Crippen MR) is 147 cm³/mol. The van der Waals surface area contributed by atoms with Crippen molar-refractivity contribution in [3.05, 3.63) is 83.8 Å². The number of anilines is 1. The molecule has 0 N–H and O–H groups in total. The molecule has 1 saturated heterocycles. The average molecular weight is 615 g/mol. The highest BCUT2D eigenvalue weighted by molar-refractivity contribution is 6.55. The van der Waals surface area contributed by atoms with Crippen molar-refractivity contribution in [2.45, 2.75) is 19.0 Å². The number of nitrogens with zero attached hydrogens (tertiary/aromatic N) is 2. The van der Waals surface area contributed by atoms with Gasteiger partial charge in [-0.25, -0.2) is 0 Å². The van der Waals surface area contributed by atoms with E-state index in [0.717, 1.165) is 10.5 Å². The molecular weight excluding hydrogens is 598 g/mol. The van der Waals surface area contributed by atoms with Gasteiger partial charge in [0, 0.05) is 16.3 Å². The highest BCUT2D eigenvalue weighted by Crippen LogP contribution is 2.51. The number of aryl methyl sites for hydroxylation is 1. The largest absolute Gasteiger partial charge is 0.497 e. The van der Waals surface area contributed by atoms with Crippen molar-refractivity contribution in [3.8, 4) is 11.5 Å². The van der Waals surface area contributed by atoms with Crippen molar-refractivity contribution < 1.29 is 23.9 Å². The number of rotatable bonds is 5. The van der Waals surface area contributed by atoms with Crippen LogP contribution in [0.25, 0.3) is 0 Å². The van der Waals surface area contributed by atoms with E-state index < -0.39 is 29.8 Å². The van der Waals surface area contributed by atoms with E-state index in [2.05, 4.69) is 0 Å². The number of hydrogen-bond acceptors (Lipinski definition) is 5. The summed E-state index contributed by atoms with van der Waals surface area (Å²) < 4.78 is 11.0. The molecule has 0 bridgehead atoms. The fourth-order valence-electron chi connectivity index (χ4n) is 4.74. The summed E-state index contributed by atoms with van der Waals surface area (Å²) in [6.07, 6.45) is 0. The molecule has 2 aliphatic heterocycles. The van der Waals surface area contributed by atoms with E-state index >= 15 is 0 Å². The zero-order valence-electron chi connectivity index (χ0n) is 19.9. The minimum Gasteiger partial charge on any atom is -0.497 e. The zero-order valence-corrected chi connectivity index (χ0v) is 23.7. The van der Waals surface area contributed by atoms with Crippen molar-refractivity contribution in [1.29, 1.82) is 0 Å². The van der Waals surface area contributed by atoms with Crippen LogP contribution in [-0.4, -0.2) is 42.9 Å². The third-order valence-corrected chi connectivity index (χ3v) is 8.88. The highest BCUT2D eigenvalue weighted by Gasteiger charge is 2.59. The second-order valence-corrected chi connectivity index (χ2v) is 10.5. The SMILES string of the molecule is COc1ccc(OC)c(C2C(N3C(=O)c4c(Cl)c(Cl)c(Cl)c(Cl)c4C3=O)C(=O)N2c2ccc(C)c(Cl)c2)c1. The number of imide groups is 1. The van der Waals surface area contributed by atoms with Gasteiger partial charge in [-0.3, -0.25) is 19.3 Å². The predicted octanol–water partition coefficient (Wildman–Crippen LogP) is 7.03. The number of methoxy groups -OCH3 is 2. The Morgan fingerprint density at radius 2 is 1.32 bits per heavy atom. The monoisotopic (exact) mass is 612 g/mol. The van der Waals surface area contributed by atoms with E-state index in [4.69, 9.17) is 67.5 Å². The van der Waals surface area contributed by atoms with Gasteiger partial charge in [0.05, 0.1) is 51.5 Å². The van der Waals surface area contributed by atoms with Crippen LogP contribution in [0.4, 0.5) is 5.69 Å². The third kappa shape index (κ3) is 3.83. The topological polar surface area (TPSA) is 76.1 Å². The molecule has 196 valence electrons. The van der Waals surface area contributed by atoms with E-state index in [0.29, 0.717) is 27.8 Å². The molecule has 5 rings (SSSR count). The number of benzene rings is 3. The second-order valence-electron chi connectivity index (χ2n) is 8.63. The van der Waals surface area contributed by atoms with Crippen LogP contribution in [-0.2, 0) is 4.79 Å². The first-order valence-electron chi connectivity index (χ1n) is 11.1. The Kier molecular flexibility index (Phi) is 6.95. The molecule has 2 heterocycles. The van der Waals surface area contributed by atoms with Gasteiger partial charge in [-0.05, 0) is 42.8 Å². The van der Waals surface area contributed by atoms with Crippen LogP contribution in [0.3, 0.4) is 0 Å². The lowest BCUT2D eigenvalue weighted by Crippen LogP contribution is -2.67. The van der Waals surface area contributed by atoms with Gasteiger partial charge >= 0.3 is 0 Å². The smallest absolute Gasteiger partial charge is 0.264 e. The molecule has 0 aliphatic carbocycles. The molecule has 3 amide bonds. The molecule has 2 atom stereocenters. The van der Waals surface area contributed by atoms with E-state index in [9.17, 15) is 14.4 Å². The Balaban J connectivity index is 1.69. The number of amides is 3. The number of β-lactam (4-membered cyclic amide) rings is 1. The summed E-state index contributed by atoms with van der Waals surface area (Å²) >= 11 is 31.3. The van der Waals surface area contributed by atoms with Crippen molar-refractivity contribution in [3.63, 3.8) is 0 Å². The summed E-state index contributed by atoms with van der Waals surface area (Å²) in [5.74, 6) is -1.27. The van der Waals surface area contributed by atoms with Crippen molar-refractivity contribution in [2.75, 3.05) is 19.1 Å².